The van der Waals surface area contributed by atoms with E-state index in [1.807, 2.05) is 6.20 Å². The molecule has 167 valence electrons. The van der Waals surface area contributed by atoms with Gasteiger partial charge in [0, 0.05) is 49.3 Å². The molecule has 1 saturated heterocycles. The smallest absolute Gasteiger partial charge is 0.0602 e. The Morgan fingerprint density at radius 1 is 0.935 bits per heavy atom. The number of benzene rings is 2. The zero-order chi connectivity index (χ0) is 21.7. The number of piperidine rings is 1. The van der Waals surface area contributed by atoms with Crippen molar-refractivity contribution in [2.75, 3.05) is 4.90 Å². The van der Waals surface area contributed by atoms with Crippen molar-refractivity contribution in [2.24, 2.45) is 0 Å². The standard InChI is InChI=1S/C27H34N3.Ir/c1-19-17-20(2)24(21(3)18-19)29-16-15-28-25(29)22-9-11-23(12-10-22)30-26(4,5)13-8-14-27(30,6)7;/h9,11-12,15-18H,8,13-14H2,1-7H3;/q-1;. The third-order valence-electron chi connectivity index (χ3n) is 6.60. The SMILES string of the molecule is Cc1cc(C)c(-n2ccnc2-c2[c-]cc(N3C(C)(C)CCCC3(C)C)cc2)c(C)c1.[Ir]. The molecule has 1 aliphatic heterocycles. The Balaban J connectivity index is 0.00000272. The van der Waals surface area contributed by atoms with Crippen LogP contribution in [-0.2, 0) is 20.1 Å². The Kier molecular flexibility index (Phi) is 6.56. The van der Waals surface area contributed by atoms with Crippen molar-refractivity contribution in [1.29, 1.82) is 0 Å². The van der Waals surface area contributed by atoms with Crippen molar-refractivity contribution >= 4 is 5.69 Å². The van der Waals surface area contributed by atoms with Crippen LogP contribution in [0.2, 0.25) is 0 Å². The van der Waals surface area contributed by atoms with Crippen molar-refractivity contribution in [3.05, 3.63) is 65.5 Å². The third kappa shape index (κ3) is 4.38. The van der Waals surface area contributed by atoms with Crippen LogP contribution in [0.25, 0.3) is 17.1 Å². The number of rotatable bonds is 3. The molecule has 0 bridgehead atoms. The summed E-state index contributed by atoms with van der Waals surface area (Å²) in [6.45, 7) is 15.9. The van der Waals surface area contributed by atoms with Gasteiger partial charge in [0.2, 0.25) is 0 Å². The number of aromatic nitrogens is 2. The first-order valence-electron chi connectivity index (χ1n) is 11.0. The minimum Gasteiger partial charge on any atom is -0.401 e. The molecule has 4 heteroatoms. The molecular weight excluding hydrogens is 559 g/mol. The van der Waals surface area contributed by atoms with E-state index < -0.39 is 0 Å². The van der Waals surface area contributed by atoms with Crippen LogP contribution in [0.5, 0.6) is 0 Å². The Morgan fingerprint density at radius 3 is 2.10 bits per heavy atom. The van der Waals surface area contributed by atoms with Gasteiger partial charge >= 0.3 is 0 Å². The van der Waals surface area contributed by atoms with E-state index in [0.29, 0.717) is 0 Å². The van der Waals surface area contributed by atoms with Crippen molar-refractivity contribution in [2.45, 2.75) is 78.8 Å². The van der Waals surface area contributed by atoms with Crippen LogP contribution in [0, 0.1) is 26.8 Å². The zero-order valence-corrected chi connectivity index (χ0v) is 22.2. The third-order valence-corrected chi connectivity index (χ3v) is 6.60. The normalized spacial score (nSPS) is 17.3. The van der Waals surface area contributed by atoms with E-state index >= 15 is 0 Å². The Morgan fingerprint density at radius 2 is 1.55 bits per heavy atom. The average molecular weight is 593 g/mol. The van der Waals surface area contributed by atoms with Crippen molar-refractivity contribution in [3.8, 4) is 17.1 Å². The molecule has 0 N–H and O–H groups in total. The summed E-state index contributed by atoms with van der Waals surface area (Å²) >= 11 is 0. The van der Waals surface area contributed by atoms with E-state index in [2.05, 4.69) is 106 Å². The molecule has 1 aromatic heterocycles. The summed E-state index contributed by atoms with van der Waals surface area (Å²) in [5.74, 6) is 0.939. The Bertz CT molecular complexity index is 1020. The molecule has 0 amide bonds. The molecule has 0 spiro atoms. The number of hydrogen-bond donors (Lipinski definition) is 0. The van der Waals surface area contributed by atoms with Gasteiger partial charge in [-0.05, 0) is 84.5 Å². The van der Waals surface area contributed by atoms with Gasteiger partial charge in [-0.1, -0.05) is 17.7 Å². The molecule has 2 aromatic carbocycles. The minimum atomic E-state index is 0. The molecule has 2 heterocycles. The van der Waals surface area contributed by atoms with Crippen molar-refractivity contribution < 1.29 is 20.1 Å². The van der Waals surface area contributed by atoms with Crippen LogP contribution < -0.4 is 4.90 Å². The van der Waals surface area contributed by atoms with E-state index in [1.165, 1.54) is 47.3 Å². The predicted octanol–water partition coefficient (Wildman–Crippen LogP) is 6.81. The Labute approximate surface area is 201 Å². The molecule has 0 atom stereocenters. The van der Waals surface area contributed by atoms with Gasteiger partial charge in [0.1, 0.15) is 0 Å². The maximum atomic E-state index is 4.68. The molecule has 1 aliphatic rings. The second-order valence-corrected chi connectivity index (χ2v) is 10.1. The summed E-state index contributed by atoms with van der Waals surface area (Å²) in [4.78, 5) is 7.27. The molecule has 3 nitrogen and oxygen atoms in total. The largest absolute Gasteiger partial charge is 0.401 e. The van der Waals surface area contributed by atoms with E-state index in [0.717, 1.165) is 11.4 Å². The first-order chi connectivity index (χ1) is 14.1. The molecule has 31 heavy (non-hydrogen) atoms. The van der Waals surface area contributed by atoms with Crippen LogP contribution in [0.15, 0.2) is 42.7 Å². The summed E-state index contributed by atoms with van der Waals surface area (Å²) < 4.78 is 2.20. The first kappa shape index (κ1) is 23.8. The van der Waals surface area contributed by atoms with Crippen LogP contribution in [0.4, 0.5) is 5.69 Å². The topological polar surface area (TPSA) is 21.1 Å². The number of imidazole rings is 1. The Hall–Kier alpha value is -1.90. The van der Waals surface area contributed by atoms with E-state index in [4.69, 9.17) is 0 Å². The summed E-state index contributed by atoms with van der Waals surface area (Å²) in [6.07, 6.45) is 7.65. The first-order valence-corrected chi connectivity index (χ1v) is 11.0. The second-order valence-electron chi connectivity index (χ2n) is 10.1. The van der Waals surface area contributed by atoms with Gasteiger partial charge in [-0.25, -0.2) is 0 Å². The number of hydrogen-bond acceptors (Lipinski definition) is 2. The molecule has 4 rings (SSSR count). The molecule has 3 aromatic rings. The van der Waals surface area contributed by atoms with Gasteiger partial charge in [-0.2, -0.15) is 0 Å². The quantitative estimate of drug-likeness (QED) is 0.312. The van der Waals surface area contributed by atoms with Crippen LogP contribution in [-0.4, -0.2) is 20.6 Å². The van der Waals surface area contributed by atoms with Crippen LogP contribution in [0.3, 0.4) is 0 Å². The maximum Gasteiger partial charge on any atom is 0.0602 e. The number of nitrogens with zero attached hydrogens (tertiary/aromatic N) is 3. The van der Waals surface area contributed by atoms with Gasteiger partial charge in [0.05, 0.1) is 5.82 Å². The van der Waals surface area contributed by atoms with Crippen LogP contribution in [0.1, 0.15) is 63.6 Å². The monoisotopic (exact) mass is 593 g/mol. The van der Waals surface area contributed by atoms with E-state index in [-0.39, 0.29) is 31.2 Å². The molecule has 0 saturated carbocycles. The fourth-order valence-corrected chi connectivity index (χ4v) is 5.63. The fraction of sp³-hybridized carbons (Fsp3) is 0.444. The van der Waals surface area contributed by atoms with Gasteiger partial charge in [0.15, 0.2) is 0 Å². The fourth-order valence-electron chi connectivity index (χ4n) is 5.63. The summed E-state index contributed by atoms with van der Waals surface area (Å²) in [5, 5.41) is 0. The van der Waals surface area contributed by atoms with Crippen LogP contribution >= 0.6 is 0 Å². The summed E-state index contributed by atoms with van der Waals surface area (Å²) in [7, 11) is 0. The number of aryl methyl sites for hydroxylation is 3. The summed E-state index contributed by atoms with van der Waals surface area (Å²) in [6, 6.07) is 14.6. The predicted molar refractivity (Wildman–Crippen MR) is 127 cm³/mol. The maximum absolute atomic E-state index is 4.68. The van der Waals surface area contributed by atoms with Gasteiger partial charge in [0.25, 0.3) is 0 Å². The van der Waals surface area contributed by atoms with Gasteiger partial charge < -0.3 is 9.47 Å². The zero-order valence-electron chi connectivity index (χ0n) is 19.8. The van der Waals surface area contributed by atoms with E-state index in [1.54, 1.807) is 0 Å². The van der Waals surface area contributed by atoms with Crippen molar-refractivity contribution in [1.82, 2.24) is 9.55 Å². The molecule has 1 radical (unpaired) electrons. The van der Waals surface area contributed by atoms with Crippen molar-refractivity contribution in [3.63, 3.8) is 0 Å². The van der Waals surface area contributed by atoms with E-state index in [9.17, 15) is 0 Å². The number of anilines is 1. The average Bonchev–Trinajstić information content (AvgIpc) is 3.09. The van der Waals surface area contributed by atoms with Gasteiger partial charge in [-0.15, -0.1) is 29.8 Å². The summed E-state index contributed by atoms with van der Waals surface area (Å²) in [5.41, 5.74) is 7.59. The molecule has 0 aliphatic carbocycles. The molecule has 0 unspecified atom stereocenters. The second kappa shape index (κ2) is 8.56. The molecule has 1 fully saturated rings. The minimum absolute atomic E-state index is 0. The van der Waals surface area contributed by atoms with Gasteiger partial charge in [-0.3, -0.25) is 4.98 Å². The molecular formula is C27H34IrN3-.